The van der Waals surface area contributed by atoms with Crippen molar-refractivity contribution in [3.8, 4) is 0 Å². The number of aliphatic hydroxyl groups excluding tert-OH is 3. The van der Waals surface area contributed by atoms with Crippen LogP contribution >= 0.6 is 0 Å². The largest absolute Gasteiger partial charge is 0.394 e. The third kappa shape index (κ3) is 6.14. The van der Waals surface area contributed by atoms with Gasteiger partial charge in [0.05, 0.1) is 6.61 Å². The van der Waals surface area contributed by atoms with Crippen molar-refractivity contribution in [1.29, 1.82) is 0 Å². The van der Waals surface area contributed by atoms with Gasteiger partial charge in [-0.3, -0.25) is 4.84 Å². The van der Waals surface area contributed by atoms with Crippen LogP contribution in [0.15, 0.2) is 0 Å². The summed E-state index contributed by atoms with van der Waals surface area (Å²) in [5.74, 6) is 0. The number of aliphatic hydroxyl groups is 3. The Hall–Kier alpha value is -0.530. The Balaban J connectivity index is 3.78. The van der Waals surface area contributed by atoms with E-state index in [0.717, 1.165) is 19.3 Å². The molecular weight excluding hydrogens is 214 g/mol. The van der Waals surface area contributed by atoms with Crippen molar-refractivity contribution in [1.82, 2.24) is 5.48 Å². The van der Waals surface area contributed by atoms with Gasteiger partial charge in [-0.05, 0) is 6.42 Å². The molecular formula is C10H21NO5. The summed E-state index contributed by atoms with van der Waals surface area (Å²) in [7, 11) is 0. The Bertz CT molecular complexity index is 179. The van der Waals surface area contributed by atoms with Gasteiger partial charge >= 0.3 is 0 Å². The summed E-state index contributed by atoms with van der Waals surface area (Å²) >= 11 is 0. The molecule has 0 aliphatic heterocycles. The van der Waals surface area contributed by atoms with Crippen LogP contribution in [0.1, 0.15) is 26.2 Å². The van der Waals surface area contributed by atoms with E-state index < -0.39 is 24.9 Å². The molecule has 0 spiro atoms. The summed E-state index contributed by atoms with van der Waals surface area (Å²) in [6.07, 6.45) is -0.580. The molecule has 0 aliphatic rings. The van der Waals surface area contributed by atoms with Crippen LogP contribution in [0.5, 0.6) is 0 Å². The van der Waals surface area contributed by atoms with E-state index in [1.165, 1.54) is 0 Å². The maximum absolute atomic E-state index is 10.6. The molecule has 0 aliphatic carbocycles. The van der Waals surface area contributed by atoms with Gasteiger partial charge in [0.1, 0.15) is 12.2 Å². The molecule has 0 aromatic carbocycles. The molecule has 3 atom stereocenters. The minimum Gasteiger partial charge on any atom is -0.394 e. The number of unbranched alkanes of at least 4 members (excludes halogenated alkanes) is 2. The predicted molar refractivity (Wildman–Crippen MR) is 57.6 cm³/mol. The van der Waals surface area contributed by atoms with Crippen molar-refractivity contribution in [2.24, 2.45) is 0 Å². The Labute approximate surface area is 95.2 Å². The third-order valence-corrected chi connectivity index (χ3v) is 2.15. The highest BCUT2D eigenvalue weighted by Gasteiger charge is 2.26. The maximum Gasteiger partial charge on any atom is 0.162 e. The van der Waals surface area contributed by atoms with Gasteiger partial charge in [0.15, 0.2) is 12.4 Å². The molecule has 0 aromatic heterocycles. The molecule has 0 radical (unpaired) electrons. The van der Waals surface area contributed by atoms with Crippen LogP contribution in [0, 0.1) is 0 Å². The fourth-order valence-corrected chi connectivity index (χ4v) is 1.11. The zero-order valence-corrected chi connectivity index (χ0v) is 9.50. The van der Waals surface area contributed by atoms with E-state index >= 15 is 0 Å². The zero-order chi connectivity index (χ0) is 12.4. The highest BCUT2D eigenvalue weighted by Crippen LogP contribution is 2.01. The lowest BCUT2D eigenvalue weighted by Gasteiger charge is -2.21. The number of hydrogen-bond acceptors (Lipinski definition) is 6. The summed E-state index contributed by atoms with van der Waals surface area (Å²) < 4.78 is 0. The summed E-state index contributed by atoms with van der Waals surface area (Å²) in [6, 6.07) is 0. The molecule has 0 rings (SSSR count). The normalized spacial score (nSPS) is 16.8. The minimum absolute atomic E-state index is 0.385. The van der Waals surface area contributed by atoms with Crippen LogP contribution in [0.4, 0.5) is 0 Å². The van der Waals surface area contributed by atoms with E-state index in [2.05, 4.69) is 12.4 Å². The standard InChI is InChI=1S/C10H21NO5/c1-2-3-4-5-11-16-9(7-13)10(15)8(14)6-12/h7-12,14-15H,2-6H2,1H3. The molecule has 0 aromatic rings. The summed E-state index contributed by atoms with van der Waals surface area (Å²) in [4.78, 5) is 15.5. The molecule has 0 amide bonds. The molecule has 96 valence electrons. The van der Waals surface area contributed by atoms with Crippen molar-refractivity contribution >= 4 is 6.29 Å². The molecule has 0 saturated carbocycles. The molecule has 3 unspecified atom stereocenters. The van der Waals surface area contributed by atoms with Gasteiger partial charge in [0.25, 0.3) is 0 Å². The van der Waals surface area contributed by atoms with E-state index in [9.17, 15) is 9.90 Å². The summed E-state index contributed by atoms with van der Waals surface area (Å²) in [6.45, 7) is 2.02. The SMILES string of the molecule is CCCCCNOC(C=O)C(O)C(O)CO. The smallest absolute Gasteiger partial charge is 0.162 e. The highest BCUT2D eigenvalue weighted by molar-refractivity contribution is 5.57. The van der Waals surface area contributed by atoms with Gasteiger partial charge in [0.2, 0.25) is 0 Å². The summed E-state index contributed by atoms with van der Waals surface area (Å²) in [5.41, 5.74) is 2.55. The Kier molecular flexibility index (Phi) is 9.36. The molecule has 6 heteroatoms. The van der Waals surface area contributed by atoms with Crippen molar-refractivity contribution < 1.29 is 25.0 Å². The lowest BCUT2D eigenvalue weighted by Crippen LogP contribution is -2.44. The van der Waals surface area contributed by atoms with E-state index in [1.807, 2.05) is 0 Å². The maximum atomic E-state index is 10.6. The number of nitrogens with one attached hydrogen (secondary N) is 1. The molecule has 0 saturated heterocycles. The second kappa shape index (κ2) is 9.68. The van der Waals surface area contributed by atoms with Crippen molar-refractivity contribution in [2.75, 3.05) is 13.2 Å². The summed E-state index contributed by atoms with van der Waals surface area (Å²) in [5, 5.41) is 27.1. The monoisotopic (exact) mass is 235 g/mol. The fraction of sp³-hybridized carbons (Fsp3) is 0.900. The lowest BCUT2D eigenvalue weighted by atomic mass is 10.1. The lowest BCUT2D eigenvalue weighted by molar-refractivity contribution is -0.148. The second-order valence-electron chi connectivity index (χ2n) is 3.56. The number of carbonyl (C=O) groups excluding carboxylic acids is 1. The number of hydrogen-bond donors (Lipinski definition) is 4. The number of aldehydes is 1. The quantitative estimate of drug-likeness (QED) is 0.220. The van der Waals surface area contributed by atoms with Crippen LogP contribution in [-0.4, -0.2) is 53.1 Å². The molecule has 0 fully saturated rings. The molecule has 4 N–H and O–H groups in total. The topological polar surface area (TPSA) is 99.0 Å². The van der Waals surface area contributed by atoms with Gasteiger partial charge in [-0.15, -0.1) is 0 Å². The van der Waals surface area contributed by atoms with Crippen LogP contribution < -0.4 is 5.48 Å². The molecule has 0 bridgehead atoms. The first-order valence-corrected chi connectivity index (χ1v) is 5.48. The minimum atomic E-state index is -1.43. The molecule has 16 heavy (non-hydrogen) atoms. The Morgan fingerprint density at radius 3 is 2.56 bits per heavy atom. The van der Waals surface area contributed by atoms with Crippen LogP contribution in [-0.2, 0) is 9.63 Å². The van der Waals surface area contributed by atoms with Crippen molar-refractivity contribution in [3.63, 3.8) is 0 Å². The van der Waals surface area contributed by atoms with Crippen molar-refractivity contribution in [3.05, 3.63) is 0 Å². The average Bonchev–Trinajstić information content (AvgIpc) is 2.32. The van der Waals surface area contributed by atoms with Crippen LogP contribution in [0.25, 0.3) is 0 Å². The third-order valence-electron chi connectivity index (χ3n) is 2.15. The zero-order valence-electron chi connectivity index (χ0n) is 9.50. The fourth-order valence-electron chi connectivity index (χ4n) is 1.11. The number of hydroxylamine groups is 1. The number of carbonyl (C=O) groups is 1. The Morgan fingerprint density at radius 1 is 1.38 bits per heavy atom. The van der Waals surface area contributed by atoms with Gasteiger partial charge in [-0.2, -0.15) is 0 Å². The van der Waals surface area contributed by atoms with Gasteiger partial charge < -0.3 is 20.1 Å². The molecule has 6 nitrogen and oxygen atoms in total. The second-order valence-corrected chi connectivity index (χ2v) is 3.56. The number of rotatable bonds is 10. The Morgan fingerprint density at radius 2 is 2.06 bits per heavy atom. The first-order valence-electron chi connectivity index (χ1n) is 5.48. The van der Waals surface area contributed by atoms with Crippen LogP contribution in [0.3, 0.4) is 0 Å². The van der Waals surface area contributed by atoms with E-state index in [0.29, 0.717) is 12.8 Å². The molecule has 0 heterocycles. The van der Waals surface area contributed by atoms with E-state index in [4.69, 9.17) is 15.1 Å². The predicted octanol–water partition coefficient (Wildman–Crippen LogP) is -1.02. The first-order chi connectivity index (χ1) is 7.67. The van der Waals surface area contributed by atoms with Crippen LogP contribution in [0.2, 0.25) is 0 Å². The van der Waals surface area contributed by atoms with Crippen molar-refractivity contribution in [2.45, 2.75) is 44.5 Å². The van der Waals surface area contributed by atoms with E-state index in [-0.39, 0.29) is 0 Å². The van der Waals surface area contributed by atoms with Gasteiger partial charge in [-0.25, -0.2) is 5.48 Å². The van der Waals surface area contributed by atoms with E-state index in [1.54, 1.807) is 0 Å². The highest BCUT2D eigenvalue weighted by atomic mass is 16.7. The van der Waals surface area contributed by atoms with Gasteiger partial charge in [0, 0.05) is 6.54 Å². The first kappa shape index (κ1) is 15.5. The van der Waals surface area contributed by atoms with Gasteiger partial charge in [-0.1, -0.05) is 19.8 Å². The average molecular weight is 235 g/mol.